The number of carboxylic acids is 1. The molecule has 0 rings (SSSR count). The van der Waals surface area contributed by atoms with Crippen LogP contribution in [0.3, 0.4) is 0 Å². The van der Waals surface area contributed by atoms with E-state index in [1.807, 2.05) is 0 Å². The smallest absolute Gasteiger partial charge is 0.314 e. The van der Waals surface area contributed by atoms with Crippen LogP contribution in [0.15, 0.2) is 0 Å². The van der Waals surface area contributed by atoms with Crippen molar-refractivity contribution in [2.24, 2.45) is 5.92 Å². The number of sulfonamides is 1. The Morgan fingerprint density at radius 2 is 1.84 bits per heavy atom. The minimum Gasteiger partial charge on any atom is -0.481 e. The summed E-state index contributed by atoms with van der Waals surface area (Å²) >= 11 is 0. The maximum Gasteiger partial charge on any atom is 0.314 e. The van der Waals surface area contributed by atoms with Gasteiger partial charge in [-0.3, -0.25) is 4.79 Å². The van der Waals surface area contributed by atoms with Gasteiger partial charge in [0.2, 0.25) is 10.0 Å². The van der Waals surface area contributed by atoms with Gasteiger partial charge in [-0.2, -0.15) is 0 Å². The highest BCUT2D eigenvalue weighted by atomic mass is 32.2. The molecule has 1 atom stereocenters. The minimum absolute atomic E-state index is 0.0687. The standard InChI is InChI=1S/C10H21N3O5S/c1-3-8(9(14)15)7-12-10(16)11-5-4-6-13-19(2,17)18/h8,13H,3-7H2,1-2H3,(H,14,15)(H2,11,12,16). The molecule has 0 bridgehead atoms. The van der Waals surface area contributed by atoms with E-state index in [0.717, 1.165) is 6.26 Å². The topological polar surface area (TPSA) is 125 Å². The van der Waals surface area contributed by atoms with Gasteiger partial charge in [-0.05, 0) is 12.8 Å². The third kappa shape index (κ3) is 10.3. The van der Waals surface area contributed by atoms with Crippen molar-refractivity contribution in [3.8, 4) is 0 Å². The zero-order chi connectivity index (χ0) is 14.9. The lowest BCUT2D eigenvalue weighted by atomic mass is 10.1. The Kier molecular flexibility index (Phi) is 8.08. The van der Waals surface area contributed by atoms with Gasteiger partial charge in [0.05, 0.1) is 12.2 Å². The lowest BCUT2D eigenvalue weighted by Crippen LogP contribution is -2.40. The summed E-state index contributed by atoms with van der Waals surface area (Å²) in [6.45, 7) is 2.35. The Bertz CT molecular complexity index is 396. The average molecular weight is 295 g/mol. The first-order valence-corrected chi connectivity index (χ1v) is 7.84. The molecule has 0 aromatic heterocycles. The van der Waals surface area contributed by atoms with Gasteiger partial charge in [0.1, 0.15) is 0 Å². The first-order chi connectivity index (χ1) is 8.76. The van der Waals surface area contributed by atoms with Crippen LogP contribution in [0.25, 0.3) is 0 Å². The van der Waals surface area contributed by atoms with Crippen molar-refractivity contribution in [3.63, 3.8) is 0 Å². The van der Waals surface area contributed by atoms with Crippen LogP contribution in [-0.2, 0) is 14.8 Å². The summed E-state index contributed by atoms with van der Waals surface area (Å²) in [6, 6.07) is -0.459. The summed E-state index contributed by atoms with van der Waals surface area (Å²) in [5.74, 6) is -1.54. The summed E-state index contributed by atoms with van der Waals surface area (Å²) in [4.78, 5) is 22.0. The SMILES string of the molecule is CCC(CNC(=O)NCCCNS(C)(=O)=O)C(=O)O. The van der Waals surface area contributed by atoms with Crippen molar-refractivity contribution in [1.29, 1.82) is 0 Å². The van der Waals surface area contributed by atoms with E-state index in [2.05, 4.69) is 15.4 Å². The maximum atomic E-state index is 11.3. The van der Waals surface area contributed by atoms with Gasteiger partial charge < -0.3 is 15.7 Å². The molecular formula is C10H21N3O5S. The quantitative estimate of drug-likeness (QED) is 0.420. The molecule has 0 aromatic rings. The van der Waals surface area contributed by atoms with Crippen molar-refractivity contribution < 1.29 is 23.1 Å². The fraction of sp³-hybridized carbons (Fsp3) is 0.800. The minimum atomic E-state index is -3.20. The highest BCUT2D eigenvalue weighted by molar-refractivity contribution is 7.88. The summed E-state index contributed by atoms with van der Waals surface area (Å²) in [5, 5.41) is 13.7. The second kappa shape index (κ2) is 8.70. The molecule has 0 aliphatic rings. The van der Waals surface area contributed by atoms with Crippen LogP contribution < -0.4 is 15.4 Å². The highest BCUT2D eigenvalue weighted by Crippen LogP contribution is 1.99. The number of carboxylic acid groups (broad SMARTS) is 1. The van der Waals surface area contributed by atoms with Crippen LogP contribution in [0.5, 0.6) is 0 Å². The largest absolute Gasteiger partial charge is 0.481 e. The van der Waals surface area contributed by atoms with E-state index >= 15 is 0 Å². The molecule has 9 heteroatoms. The van der Waals surface area contributed by atoms with E-state index in [-0.39, 0.29) is 13.1 Å². The van der Waals surface area contributed by atoms with Crippen LogP contribution in [-0.4, -0.2) is 51.4 Å². The number of carbonyl (C=O) groups is 2. The van der Waals surface area contributed by atoms with Crippen LogP contribution in [0.1, 0.15) is 19.8 Å². The Balaban J connectivity index is 3.68. The lowest BCUT2D eigenvalue weighted by Gasteiger charge is -2.11. The highest BCUT2D eigenvalue weighted by Gasteiger charge is 2.15. The molecule has 0 spiro atoms. The zero-order valence-corrected chi connectivity index (χ0v) is 11.9. The molecular weight excluding hydrogens is 274 g/mol. The average Bonchev–Trinajstić information content (AvgIpc) is 2.27. The van der Waals surface area contributed by atoms with Crippen molar-refractivity contribution in [1.82, 2.24) is 15.4 Å². The van der Waals surface area contributed by atoms with E-state index in [9.17, 15) is 18.0 Å². The first-order valence-electron chi connectivity index (χ1n) is 5.95. The molecule has 112 valence electrons. The summed E-state index contributed by atoms with van der Waals surface area (Å²) < 4.78 is 23.8. The van der Waals surface area contributed by atoms with E-state index < -0.39 is 27.9 Å². The molecule has 0 saturated heterocycles. The molecule has 2 amide bonds. The van der Waals surface area contributed by atoms with Gasteiger partial charge in [0, 0.05) is 19.6 Å². The summed E-state index contributed by atoms with van der Waals surface area (Å²) in [7, 11) is -3.20. The van der Waals surface area contributed by atoms with Crippen LogP contribution in [0.4, 0.5) is 4.79 Å². The number of hydrogen-bond donors (Lipinski definition) is 4. The Hall–Kier alpha value is -1.35. The maximum absolute atomic E-state index is 11.3. The molecule has 19 heavy (non-hydrogen) atoms. The molecule has 1 unspecified atom stereocenters. The van der Waals surface area contributed by atoms with E-state index in [0.29, 0.717) is 19.4 Å². The number of hydrogen-bond acceptors (Lipinski definition) is 4. The Morgan fingerprint density at radius 1 is 1.21 bits per heavy atom. The molecule has 4 N–H and O–H groups in total. The monoisotopic (exact) mass is 295 g/mol. The molecule has 0 aliphatic carbocycles. The van der Waals surface area contributed by atoms with E-state index in [1.54, 1.807) is 6.92 Å². The second-order valence-corrected chi connectivity index (χ2v) is 5.93. The molecule has 0 saturated carbocycles. The number of carbonyl (C=O) groups excluding carboxylic acids is 1. The molecule has 0 aliphatic heterocycles. The number of urea groups is 1. The van der Waals surface area contributed by atoms with Crippen molar-refractivity contribution in [3.05, 3.63) is 0 Å². The van der Waals surface area contributed by atoms with Gasteiger partial charge in [-0.1, -0.05) is 6.92 Å². The second-order valence-electron chi connectivity index (χ2n) is 4.10. The number of rotatable bonds is 9. The predicted molar refractivity (Wildman–Crippen MR) is 70.3 cm³/mol. The van der Waals surface area contributed by atoms with Crippen LogP contribution in [0, 0.1) is 5.92 Å². The lowest BCUT2D eigenvalue weighted by molar-refractivity contribution is -0.141. The van der Waals surface area contributed by atoms with Gasteiger partial charge in [0.15, 0.2) is 0 Å². The van der Waals surface area contributed by atoms with Crippen LogP contribution in [0.2, 0.25) is 0 Å². The molecule has 0 radical (unpaired) electrons. The zero-order valence-electron chi connectivity index (χ0n) is 11.1. The van der Waals surface area contributed by atoms with Gasteiger partial charge in [0.25, 0.3) is 0 Å². The van der Waals surface area contributed by atoms with Gasteiger partial charge in [-0.15, -0.1) is 0 Å². The summed E-state index contributed by atoms with van der Waals surface area (Å²) in [5.41, 5.74) is 0. The third-order valence-corrected chi connectivity index (χ3v) is 3.08. The Labute approximate surface area is 113 Å². The first kappa shape index (κ1) is 17.6. The normalized spacial score (nSPS) is 12.7. The number of aliphatic carboxylic acids is 1. The molecule has 0 fully saturated rings. The third-order valence-electron chi connectivity index (χ3n) is 2.35. The molecule has 8 nitrogen and oxygen atoms in total. The fourth-order valence-corrected chi connectivity index (χ4v) is 1.75. The summed E-state index contributed by atoms with van der Waals surface area (Å²) in [6.07, 6.45) is 1.95. The number of nitrogens with one attached hydrogen (secondary N) is 3. The van der Waals surface area contributed by atoms with Crippen LogP contribution >= 0.6 is 0 Å². The van der Waals surface area contributed by atoms with Crippen molar-refractivity contribution in [2.45, 2.75) is 19.8 Å². The Morgan fingerprint density at radius 3 is 2.32 bits per heavy atom. The van der Waals surface area contributed by atoms with E-state index in [1.165, 1.54) is 0 Å². The van der Waals surface area contributed by atoms with Crippen molar-refractivity contribution in [2.75, 3.05) is 25.9 Å². The van der Waals surface area contributed by atoms with Gasteiger partial charge in [-0.25, -0.2) is 17.9 Å². The number of amides is 2. The fourth-order valence-electron chi connectivity index (χ4n) is 1.23. The van der Waals surface area contributed by atoms with Crippen molar-refractivity contribution >= 4 is 22.0 Å². The molecule has 0 aromatic carbocycles. The van der Waals surface area contributed by atoms with E-state index in [4.69, 9.17) is 5.11 Å². The predicted octanol–water partition coefficient (Wildman–Crippen LogP) is -0.664. The molecule has 0 heterocycles. The van der Waals surface area contributed by atoms with Gasteiger partial charge >= 0.3 is 12.0 Å².